The average Bonchev–Trinajstić information content (AvgIpc) is 3.14. The number of carbonyl (C=O) groups is 1. The number of anilines is 1. The molecule has 1 amide bonds. The van der Waals surface area contributed by atoms with Gasteiger partial charge in [-0.2, -0.15) is 5.26 Å². The first-order valence-electron chi connectivity index (χ1n) is 8.10. The minimum absolute atomic E-state index is 0.275. The second-order valence-electron chi connectivity index (χ2n) is 5.81. The number of aromatic nitrogens is 1. The Labute approximate surface area is 164 Å². The fourth-order valence-electron chi connectivity index (χ4n) is 2.80. The third-order valence-corrected chi connectivity index (χ3v) is 5.20. The van der Waals surface area contributed by atoms with E-state index in [1.54, 1.807) is 29.6 Å². The van der Waals surface area contributed by atoms with Crippen LogP contribution in [-0.4, -0.2) is 10.9 Å². The number of hydrogen-bond donors (Lipinski definition) is 1. The second kappa shape index (κ2) is 7.20. The highest BCUT2D eigenvalue weighted by Gasteiger charge is 2.16. The predicted molar refractivity (Wildman–Crippen MR) is 109 cm³/mol. The number of amides is 1. The number of nitrogens with one attached hydrogen (secondary N) is 1. The van der Waals surface area contributed by atoms with Gasteiger partial charge >= 0.3 is 0 Å². The van der Waals surface area contributed by atoms with E-state index in [1.807, 2.05) is 36.4 Å². The first-order valence-corrected chi connectivity index (χ1v) is 9.36. The molecule has 0 saturated carbocycles. The largest absolute Gasteiger partial charge is 0.312 e. The van der Waals surface area contributed by atoms with Gasteiger partial charge in [0.15, 0.2) is 0 Å². The van der Waals surface area contributed by atoms with E-state index in [0.29, 0.717) is 26.8 Å². The highest BCUT2D eigenvalue weighted by Crippen LogP contribution is 2.28. The molecular weight excluding hydrogens is 378 g/mol. The van der Waals surface area contributed by atoms with Gasteiger partial charge in [-0.25, -0.2) is 4.98 Å². The van der Waals surface area contributed by atoms with Gasteiger partial charge in [0, 0.05) is 16.0 Å². The molecule has 0 saturated heterocycles. The monoisotopic (exact) mass is 389 g/mol. The Kier molecular flexibility index (Phi) is 4.59. The number of carbonyl (C=O) groups excluding carboxylic acids is 1. The van der Waals surface area contributed by atoms with Crippen LogP contribution in [0, 0.1) is 11.3 Å². The molecule has 0 unspecified atom stereocenters. The fourth-order valence-corrected chi connectivity index (χ4v) is 3.65. The van der Waals surface area contributed by atoms with Crippen LogP contribution in [0.3, 0.4) is 0 Å². The van der Waals surface area contributed by atoms with Crippen molar-refractivity contribution in [1.29, 1.82) is 5.26 Å². The van der Waals surface area contributed by atoms with Crippen molar-refractivity contribution >= 4 is 44.7 Å². The van der Waals surface area contributed by atoms with Crippen molar-refractivity contribution in [3.63, 3.8) is 0 Å². The van der Waals surface area contributed by atoms with Gasteiger partial charge in [-0.05, 0) is 35.7 Å². The Morgan fingerprint density at radius 3 is 2.67 bits per heavy atom. The molecule has 0 aliphatic heterocycles. The molecule has 2 aromatic carbocycles. The summed E-state index contributed by atoms with van der Waals surface area (Å²) in [6, 6.07) is 20.3. The van der Waals surface area contributed by atoms with Crippen molar-refractivity contribution in [1.82, 2.24) is 4.98 Å². The summed E-state index contributed by atoms with van der Waals surface area (Å²) in [5.74, 6) is -0.275. The topological polar surface area (TPSA) is 65.8 Å². The van der Waals surface area contributed by atoms with E-state index in [4.69, 9.17) is 16.9 Å². The van der Waals surface area contributed by atoms with Crippen LogP contribution in [0.1, 0.15) is 15.9 Å². The lowest BCUT2D eigenvalue weighted by molar-refractivity contribution is 0.102. The van der Waals surface area contributed by atoms with Crippen LogP contribution in [-0.2, 0) is 0 Å². The van der Waals surface area contributed by atoms with E-state index < -0.39 is 0 Å². The Morgan fingerprint density at radius 2 is 1.89 bits per heavy atom. The molecule has 0 fully saturated rings. The highest BCUT2D eigenvalue weighted by atomic mass is 35.5. The average molecular weight is 390 g/mol. The van der Waals surface area contributed by atoms with E-state index in [1.165, 1.54) is 11.3 Å². The highest BCUT2D eigenvalue weighted by molar-refractivity contribution is 7.14. The molecule has 0 atom stereocenters. The van der Waals surface area contributed by atoms with Crippen molar-refractivity contribution in [2.24, 2.45) is 0 Å². The summed E-state index contributed by atoms with van der Waals surface area (Å²) in [7, 11) is 0. The van der Waals surface area contributed by atoms with Crippen LogP contribution in [0.15, 0.2) is 66.0 Å². The van der Waals surface area contributed by atoms with Gasteiger partial charge in [-0.1, -0.05) is 41.9 Å². The molecule has 0 bridgehead atoms. The molecule has 2 heterocycles. The number of halogens is 1. The minimum Gasteiger partial charge on any atom is -0.312 e. The van der Waals surface area contributed by atoms with Crippen LogP contribution < -0.4 is 5.32 Å². The zero-order chi connectivity index (χ0) is 18.8. The summed E-state index contributed by atoms with van der Waals surface area (Å²) < 4.78 is 0. The summed E-state index contributed by atoms with van der Waals surface area (Å²) in [4.78, 5) is 17.6. The number of nitriles is 1. The summed E-state index contributed by atoms with van der Waals surface area (Å²) >= 11 is 7.29. The van der Waals surface area contributed by atoms with Gasteiger partial charge in [0.1, 0.15) is 11.1 Å². The molecule has 0 aliphatic carbocycles. The van der Waals surface area contributed by atoms with E-state index in [2.05, 4.69) is 16.4 Å². The summed E-state index contributed by atoms with van der Waals surface area (Å²) in [5, 5.41) is 15.7. The number of para-hydroxylation sites is 1. The quantitative estimate of drug-likeness (QED) is 0.485. The van der Waals surface area contributed by atoms with Crippen molar-refractivity contribution in [2.45, 2.75) is 0 Å². The Hall–Kier alpha value is -3.20. The molecular formula is C21H12ClN3OS. The zero-order valence-corrected chi connectivity index (χ0v) is 15.5. The van der Waals surface area contributed by atoms with Crippen molar-refractivity contribution in [3.8, 4) is 17.3 Å². The van der Waals surface area contributed by atoms with E-state index in [0.717, 1.165) is 16.5 Å². The van der Waals surface area contributed by atoms with Crippen LogP contribution in [0.25, 0.3) is 22.2 Å². The first-order chi connectivity index (χ1) is 13.2. The number of benzene rings is 2. The van der Waals surface area contributed by atoms with Crippen molar-refractivity contribution in [3.05, 3.63) is 82.2 Å². The molecule has 0 aliphatic rings. The molecule has 4 rings (SSSR count). The molecule has 4 nitrogen and oxygen atoms in total. The number of thiophene rings is 1. The standard InChI is InChI=1S/C21H12ClN3OS/c22-15-7-5-13(6-8-15)19-11-17(16-3-1-2-4-18(16)24-19)20(26)25-21-14(12-23)9-10-27-21/h1-11H,(H,25,26). The smallest absolute Gasteiger partial charge is 0.257 e. The van der Waals surface area contributed by atoms with Gasteiger partial charge in [0.05, 0.1) is 22.3 Å². The number of hydrogen-bond acceptors (Lipinski definition) is 4. The summed E-state index contributed by atoms with van der Waals surface area (Å²) in [6.07, 6.45) is 0. The molecule has 2 aromatic heterocycles. The van der Waals surface area contributed by atoms with Gasteiger partial charge in [0.2, 0.25) is 0 Å². The maximum Gasteiger partial charge on any atom is 0.257 e. The maximum atomic E-state index is 13.0. The van der Waals surface area contributed by atoms with Gasteiger partial charge < -0.3 is 5.32 Å². The maximum absolute atomic E-state index is 13.0. The van der Waals surface area contributed by atoms with E-state index >= 15 is 0 Å². The first kappa shape index (κ1) is 17.2. The van der Waals surface area contributed by atoms with E-state index in [-0.39, 0.29) is 5.91 Å². The van der Waals surface area contributed by atoms with Crippen LogP contribution in [0.5, 0.6) is 0 Å². The van der Waals surface area contributed by atoms with Gasteiger partial charge in [-0.3, -0.25) is 4.79 Å². The van der Waals surface area contributed by atoms with Crippen molar-refractivity contribution < 1.29 is 4.79 Å². The lowest BCUT2D eigenvalue weighted by Gasteiger charge is -2.10. The molecule has 0 spiro atoms. The lowest BCUT2D eigenvalue weighted by Crippen LogP contribution is -2.13. The Bertz CT molecular complexity index is 1190. The molecule has 0 radical (unpaired) electrons. The number of nitrogens with zero attached hydrogens (tertiary/aromatic N) is 2. The van der Waals surface area contributed by atoms with Crippen LogP contribution >= 0.6 is 22.9 Å². The number of rotatable bonds is 3. The SMILES string of the molecule is N#Cc1ccsc1NC(=O)c1cc(-c2ccc(Cl)cc2)nc2ccccc12. The summed E-state index contributed by atoms with van der Waals surface area (Å²) in [5.41, 5.74) is 3.23. The molecule has 130 valence electrons. The second-order valence-corrected chi connectivity index (χ2v) is 7.16. The Morgan fingerprint density at radius 1 is 1.11 bits per heavy atom. The molecule has 6 heteroatoms. The molecule has 1 N–H and O–H groups in total. The van der Waals surface area contributed by atoms with Gasteiger partial charge in [0.25, 0.3) is 5.91 Å². The number of fused-ring (bicyclic) bond motifs is 1. The minimum atomic E-state index is -0.275. The lowest BCUT2D eigenvalue weighted by atomic mass is 10.0. The summed E-state index contributed by atoms with van der Waals surface area (Å²) in [6.45, 7) is 0. The van der Waals surface area contributed by atoms with Crippen molar-refractivity contribution in [2.75, 3.05) is 5.32 Å². The van der Waals surface area contributed by atoms with Crippen LogP contribution in [0.4, 0.5) is 5.00 Å². The Balaban J connectivity index is 1.82. The normalized spacial score (nSPS) is 10.5. The zero-order valence-electron chi connectivity index (χ0n) is 13.9. The third kappa shape index (κ3) is 3.41. The fraction of sp³-hybridized carbons (Fsp3) is 0. The van der Waals surface area contributed by atoms with E-state index in [9.17, 15) is 4.79 Å². The predicted octanol–water partition coefficient (Wildman–Crippen LogP) is 5.74. The third-order valence-electron chi connectivity index (χ3n) is 4.11. The van der Waals surface area contributed by atoms with Crippen LogP contribution in [0.2, 0.25) is 5.02 Å². The molecule has 4 aromatic rings. The molecule has 27 heavy (non-hydrogen) atoms. The number of pyridine rings is 1. The van der Waals surface area contributed by atoms with Gasteiger partial charge in [-0.15, -0.1) is 11.3 Å².